The molecule has 1 saturated carbocycles. The number of nitrogens with zero attached hydrogens (tertiary/aromatic N) is 1. The van der Waals surface area contributed by atoms with Gasteiger partial charge in [0.15, 0.2) is 0 Å². The molecule has 0 aromatic carbocycles. The minimum absolute atomic E-state index is 0.148. The van der Waals surface area contributed by atoms with Gasteiger partial charge in [0.2, 0.25) is 5.95 Å². The molecule has 1 atom stereocenters. The molecule has 1 aromatic rings. The third kappa shape index (κ3) is 3.02. The van der Waals surface area contributed by atoms with Crippen LogP contribution in [0.2, 0.25) is 0 Å². The predicted molar refractivity (Wildman–Crippen MR) is 63.1 cm³/mol. The van der Waals surface area contributed by atoms with Crippen molar-refractivity contribution in [3.8, 4) is 0 Å². The lowest BCUT2D eigenvalue weighted by molar-refractivity contribution is 0.0930. The highest BCUT2D eigenvalue weighted by Gasteiger charge is 2.31. The summed E-state index contributed by atoms with van der Waals surface area (Å²) in [6, 6.07) is 4.44. The van der Waals surface area contributed by atoms with Crippen molar-refractivity contribution in [2.45, 2.75) is 39.2 Å². The molecular formula is C13H17FN2O. The maximum atomic E-state index is 12.9. The molecule has 4 heteroatoms. The summed E-state index contributed by atoms with van der Waals surface area (Å²) < 4.78 is 12.9. The van der Waals surface area contributed by atoms with Crippen LogP contribution in [0.15, 0.2) is 18.2 Å². The lowest BCUT2D eigenvalue weighted by Crippen LogP contribution is -2.34. The zero-order valence-electron chi connectivity index (χ0n) is 10.2. The zero-order valence-corrected chi connectivity index (χ0v) is 10.2. The van der Waals surface area contributed by atoms with Crippen LogP contribution in [0, 0.1) is 11.4 Å². The molecule has 2 rings (SSSR count). The Morgan fingerprint density at radius 2 is 2.29 bits per heavy atom. The van der Waals surface area contributed by atoms with Gasteiger partial charge in [-0.1, -0.05) is 19.9 Å². The Balaban J connectivity index is 1.98. The van der Waals surface area contributed by atoms with Crippen molar-refractivity contribution >= 4 is 5.91 Å². The molecule has 0 radical (unpaired) electrons. The van der Waals surface area contributed by atoms with Crippen LogP contribution < -0.4 is 5.32 Å². The standard InChI is InChI=1S/C13H17FN2O/c1-13(2)7-6-9(8-13)15-12(17)10-4-3-5-11(14)16-10/h3-5,9H,6-8H2,1-2H3,(H,15,17). The summed E-state index contributed by atoms with van der Waals surface area (Å²) in [5.74, 6) is -0.906. The molecular weight excluding hydrogens is 219 g/mol. The summed E-state index contributed by atoms with van der Waals surface area (Å²) in [5, 5.41) is 2.91. The number of aromatic nitrogens is 1. The second-order valence-electron chi connectivity index (χ2n) is 5.42. The summed E-state index contributed by atoms with van der Waals surface area (Å²) in [7, 11) is 0. The third-order valence-corrected chi connectivity index (χ3v) is 3.25. The highest BCUT2D eigenvalue weighted by atomic mass is 19.1. The maximum Gasteiger partial charge on any atom is 0.270 e. The molecule has 1 aliphatic rings. The van der Waals surface area contributed by atoms with E-state index in [1.165, 1.54) is 18.2 Å². The first kappa shape index (κ1) is 12.0. The van der Waals surface area contributed by atoms with Crippen LogP contribution >= 0.6 is 0 Å². The van der Waals surface area contributed by atoms with Gasteiger partial charge in [-0.25, -0.2) is 4.98 Å². The molecule has 1 heterocycles. The monoisotopic (exact) mass is 236 g/mol. The smallest absolute Gasteiger partial charge is 0.270 e. The number of rotatable bonds is 2. The van der Waals surface area contributed by atoms with E-state index in [-0.39, 0.29) is 23.1 Å². The van der Waals surface area contributed by atoms with Crippen LogP contribution in [0.3, 0.4) is 0 Å². The number of pyridine rings is 1. The van der Waals surface area contributed by atoms with E-state index in [1.54, 1.807) is 0 Å². The Morgan fingerprint density at radius 1 is 1.53 bits per heavy atom. The van der Waals surface area contributed by atoms with Crippen molar-refractivity contribution in [1.29, 1.82) is 0 Å². The molecule has 92 valence electrons. The van der Waals surface area contributed by atoms with Gasteiger partial charge in [0.25, 0.3) is 5.91 Å². The Kier molecular flexibility index (Phi) is 3.13. The van der Waals surface area contributed by atoms with Crippen LogP contribution in [-0.2, 0) is 0 Å². The lowest BCUT2D eigenvalue weighted by Gasteiger charge is -2.17. The van der Waals surface area contributed by atoms with Crippen molar-refractivity contribution < 1.29 is 9.18 Å². The summed E-state index contributed by atoms with van der Waals surface area (Å²) in [4.78, 5) is 15.4. The molecule has 1 N–H and O–H groups in total. The summed E-state index contributed by atoms with van der Waals surface area (Å²) in [5.41, 5.74) is 0.433. The maximum absolute atomic E-state index is 12.9. The van der Waals surface area contributed by atoms with Gasteiger partial charge >= 0.3 is 0 Å². The van der Waals surface area contributed by atoms with Crippen molar-refractivity contribution in [1.82, 2.24) is 10.3 Å². The minimum atomic E-state index is -0.621. The fourth-order valence-corrected chi connectivity index (χ4v) is 2.35. The minimum Gasteiger partial charge on any atom is -0.348 e. The number of carbonyl (C=O) groups is 1. The van der Waals surface area contributed by atoms with Crippen LogP contribution in [0.25, 0.3) is 0 Å². The first-order chi connectivity index (χ1) is 7.96. The lowest BCUT2D eigenvalue weighted by atomic mass is 9.92. The van der Waals surface area contributed by atoms with Crippen molar-refractivity contribution in [3.63, 3.8) is 0 Å². The van der Waals surface area contributed by atoms with E-state index in [4.69, 9.17) is 0 Å². The van der Waals surface area contributed by atoms with E-state index in [2.05, 4.69) is 24.1 Å². The molecule has 1 amide bonds. The Hall–Kier alpha value is -1.45. The fourth-order valence-electron chi connectivity index (χ4n) is 2.35. The molecule has 0 bridgehead atoms. The first-order valence-corrected chi connectivity index (χ1v) is 5.90. The van der Waals surface area contributed by atoms with E-state index >= 15 is 0 Å². The van der Waals surface area contributed by atoms with Gasteiger partial charge in [-0.3, -0.25) is 4.79 Å². The summed E-state index contributed by atoms with van der Waals surface area (Å²) >= 11 is 0. The SMILES string of the molecule is CC1(C)CCC(NC(=O)c2cccc(F)n2)C1. The predicted octanol–water partition coefficient (Wildman–Crippen LogP) is 2.53. The molecule has 17 heavy (non-hydrogen) atoms. The fraction of sp³-hybridized carbons (Fsp3) is 0.538. The number of hydrogen-bond donors (Lipinski definition) is 1. The number of halogens is 1. The molecule has 1 aliphatic carbocycles. The molecule has 0 aliphatic heterocycles. The molecule has 1 aromatic heterocycles. The molecule has 1 unspecified atom stereocenters. The normalized spacial score (nSPS) is 22.4. The van der Waals surface area contributed by atoms with Gasteiger partial charge in [0, 0.05) is 6.04 Å². The topological polar surface area (TPSA) is 42.0 Å². The average Bonchev–Trinajstić information content (AvgIpc) is 2.58. The number of nitrogens with one attached hydrogen (secondary N) is 1. The van der Waals surface area contributed by atoms with Gasteiger partial charge in [-0.05, 0) is 36.8 Å². The van der Waals surface area contributed by atoms with Crippen molar-refractivity contribution in [3.05, 3.63) is 29.8 Å². The van der Waals surface area contributed by atoms with E-state index in [0.29, 0.717) is 0 Å². The number of amides is 1. The second-order valence-corrected chi connectivity index (χ2v) is 5.42. The van der Waals surface area contributed by atoms with Gasteiger partial charge in [-0.2, -0.15) is 4.39 Å². The van der Waals surface area contributed by atoms with Crippen LogP contribution in [0.1, 0.15) is 43.6 Å². The molecule has 3 nitrogen and oxygen atoms in total. The van der Waals surface area contributed by atoms with Crippen LogP contribution in [-0.4, -0.2) is 16.9 Å². The van der Waals surface area contributed by atoms with Crippen LogP contribution in [0.4, 0.5) is 4.39 Å². The van der Waals surface area contributed by atoms with Gasteiger partial charge in [-0.15, -0.1) is 0 Å². The average molecular weight is 236 g/mol. The van der Waals surface area contributed by atoms with Gasteiger partial charge in [0.1, 0.15) is 5.69 Å². The van der Waals surface area contributed by atoms with Gasteiger partial charge < -0.3 is 5.32 Å². The zero-order chi connectivity index (χ0) is 12.5. The largest absolute Gasteiger partial charge is 0.348 e. The van der Waals surface area contributed by atoms with Crippen LogP contribution in [0.5, 0.6) is 0 Å². The highest BCUT2D eigenvalue weighted by molar-refractivity contribution is 5.92. The first-order valence-electron chi connectivity index (χ1n) is 5.90. The number of hydrogen-bond acceptors (Lipinski definition) is 2. The third-order valence-electron chi connectivity index (χ3n) is 3.25. The van der Waals surface area contributed by atoms with E-state index in [0.717, 1.165) is 19.3 Å². The van der Waals surface area contributed by atoms with E-state index in [9.17, 15) is 9.18 Å². The quantitative estimate of drug-likeness (QED) is 0.802. The van der Waals surface area contributed by atoms with E-state index < -0.39 is 5.95 Å². The second kappa shape index (κ2) is 4.43. The molecule has 1 fully saturated rings. The number of carbonyl (C=O) groups excluding carboxylic acids is 1. The van der Waals surface area contributed by atoms with Gasteiger partial charge in [0.05, 0.1) is 0 Å². The van der Waals surface area contributed by atoms with E-state index in [1.807, 2.05) is 0 Å². The molecule has 0 spiro atoms. The molecule has 0 saturated heterocycles. The summed E-state index contributed by atoms with van der Waals surface area (Å²) in [6.07, 6.45) is 3.05. The summed E-state index contributed by atoms with van der Waals surface area (Å²) in [6.45, 7) is 4.39. The highest BCUT2D eigenvalue weighted by Crippen LogP contribution is 2.36. The Labute approximate surface area is 100 Å². The van der Waals surface area contributed by atoms with Crippen molar-refractivity contribution in [2.75, 3.05) is 0 Å². The Morgan fingerprint density at radius 3 is 2.88 bits per heavy atom. The Bertz CT molecular complexity index is 431. The van der Waals surface area contributed by atoms with Crippen molar-refractivity contribution in [2.24, 2.45) is 5.41 Å².